The van der Waals surface area contributed by atoms with E-state index in [1.807, 2.05) is 36.2 Å². The SMILES string of the molecule is CN(C(=O)c1cccc(I)c1)[C@H]1CCNC1. The van der Waals surface area contributed by atoms with Gasteiger partial charge in [0.15, 0.2) is 0 Å². The van der Waals surface area contributed by atoms with E-state index in [2.05, 4.69) is 27.9 Å². The lowest BCUT2D eigenvalue weighted by Crippen LogP contribution is -2.38. The summed E-state index contributed by atoms with van der Waals surface area (Å²) in [6.07, 6.45) is 1.05. The van der Waals surface area contributed by atoms with Gasteiger partial charge in [-0.05, 0) is 53.8 Å². The second-order valence-corrected chi connectivity index (χ2v) is 5.32. The number of carbonyl (C=O) groups is 1. The number of hydrogen-bond acceptors (Lipinski definition) is 2. The fraction of sp³-hybridized carbons (Fsp3) is 0.417. The smallest absolute Gasteiger partial charge is 0.253 e. The van der Waals surface area contributed by atoms with Gasteiger partial charge in [0, 0.05) is 28.8 Å². The van der Waals surface area contributed by atoms with E-state index in [4.69, 9.17) is 0 Å². The summed E-state index contributed by atoms with van der Waals surface area (Å²) in [6.45, 7) is 1.92. The zero-order chi connectivity index (χ0) is 11.5. The van der Waals surface area contributed by atoms with E-state index < -0.39 is 0 Å². The summed E-state index contributed by atoms with van der Waals surface area (Å²) in [5.41, 5.74) is 0.779. The molecule has 0 bridgehead atoms. The summed E-state index contributed by atoms with van der Waals surface area (Å²) in [5, 5.41) is 3.28. The van der Waals surface area contributed by atoms with Crippen molar-refractivity contribution in [1.29, 1.82) is 0 Å². The van der Waals surface area contributed by atoms with Crippen molar-refractivity contribution in [2.45, 2.75) is 12.5 Å². The number of benzene rings is 1. The van der Waals surface area contributed by atoms with Crippen molar-refractivity contribution in [2.24, 2.45) is 0 Å². The van der Waals surface area contributed by atoms with Gasteiger partial charge in [-0.15, -0.1) is 0 Å². The van der Waals surface area contributed by atoms with Gasteiger partial charge in [-0.3, -0.25) is 4.79 Å². The van der Waals surface area contributed by atoms with Gasteiger partial charge >= 0.3 is 0 Å². The number of nitrogens with zero attached hydrogens (tertiary/aromatic N) is 1. The quantitative estimate of drug-likeness (QED) is 0.838. The molecule has 0 saturated carbocycles. The minimum absolute atomic E-state index is 0.118. The van der Waals surface area contributed by atoms with Crippen molar-refractivity contribution >= 4 is 28.5 Å². The minimum atomic E-state index is 0.118. The summed E-state index contributed by atoms with van der Waals surface area (Å²) >= 11 is 2.23. The average molecular weight is 330 g/mol. The van der Waals surface area contributed by atoms with Gasteiger partial charge in [-0.2, -0.15) is 0 Å². The molecule has 0 unspecified atom stereocenters. The van der Waals surface area contributed by atoms with Gasteiger partial charge in [0.25, 0.3) is 5.91 Å². The second kappa shape index (κ2) is 5.14. The zero-order valence-electron chi connectivity index (χ0n) is 9.24. The molecule has 0 spiro atoms. The maximum absolute atomic E-state index is 12.2. The van der Waals surface area contributed by atoms with Gasteiger partial charge < -0.3 is 10.2 Å². The second-order valence-electron chi connectivity index (χ2n) is 4.07. The molecule has 0 aliphatic carbocycles. The molecule has 1 saturated heterocycles. The highest BCUT2D eigenvalue weighted by atomic mass is 127. The van der Waals surface area contributed by atoms with E-state index in [0.29, 0.717) is 6.04 Å². The van der Waals surface area contributed by atoms with Gasteiger partial charge in [0.1, 0.15) is 0 Å². The Balaban J connectivity index is 2.12. The highest BCUT2D eigenvalue weighted by Crippen LogP contribution is 2.13. The number of hydrogen-bond donors (Lipinski definition) is 1. The third-order valence-electron chi connectivity index (χ3n) is 2.97. The summed E-state index contributed by atoms with van der Waals surface area (Å²) in [5.74, 6) is 0.118. The first-order valence-electron chi connectivity index (χ1n) is 5.42. The molecule has 2 rings (SSSR count). The number of likely N-dealkylation sites (N-methyl/N-ethyl adjacent to an activating group) is 1. The molecule has 1 fully saturated rings. The fourth-order valence-corrected chi connectivity index (χ4v) is 2.50. The highest BCUT2D eigenvalue weighted by molar-refractivity contribution is 14.1. The van der Waals surface area contributed by atoms with Crippen molar-refractivity contribution in [3.05, 3.63) is 33.4 Å². The first kappa shape index (κ1) is 11.9. The third kappa shape index (κ3) is 2.55. The number of halogens is 1. The summed E-state index contributed by atoms with van der Waals surface area (Å²) < 4.78 is 1.10. The van der Waals surface area contributed by atoms with Gasteiger partial charge in [0.2, 0.25) is 0 Å². The van der Waals surface area contributed by atoms with Gasteiger partial charge in [-0.1, -0.05) is 6.07 Å². The molecule has 1 N–H and O–H groups in total. The van der Waals surface area contributed by atoms with Crippen LogP contribution in [-0.4, -0.2) is 37.0 Å². The molecule has 4 heteroatoms. The number of amides is 1. The Morgan fingerprint density at radius 2 is 2.38 bits per heavy atom. The summed E-state index contributed by atoms with van der Waals surface area (Å²) in [4.78, 5) is 14.0. The lowest BCUT2D eigenvalue weighted by molar-refractivity contribution is 0.0743. The van der Waals surface area contributed by atoms with Crippen molar-refractivity contribution in [1.82, 2.24) is 10.2 Å². The van der Waals surface area contributed by atoms with E-state index in [0.717, 1.165) is 28.6 Å². The maximum atomic E-state index is 12.2. The van der Waals surface area contributed by atoms with Gasteiger partial charge in [0.05, 0.1) is 0 Å². The molecule has 3 nitrogen and oxygen atoms in total. The standard InChI is InChI=1S/C12H15IN2O/c1-15(11-5-6-14-8-11)12(16)9-3-2-4-10(13)7-9/h2-4,7,11,14H,5-6,8H2,1H3/t11-/m0/s1. The Hall–Kier alpha value is -0.620. The van der Waals surface area contributed by atoms with Crippen LogP contribution in [0.15, 0.2) is 24.3 Å². The van der Waals surface area contributed by atoms with Crippen molar-refractivity contribution < 1.29 is 4.79 Å². The van der Waals surface area contributed by atoms with E-state index >= 15 is 0 Å². The molecule has 1 amide bonds. The van der Waals surface area contributed by atoms with Gasteiger partial charge in [-0.25, -0.2) is 0 Å². The molecule has 0 aromatic heterocycles. The zero-order valence-corrected chi connectivity index (χ0v) is 11.4. The van der Waals surface area contributed by atoms with Crippen molar-refractivity contribution in [3.63, 3.8) is 0 Å². The van der Waals surface area contributed by atoms with Crippen LogP contribution in [0.3, 0.4) is 0 Å². The average Bonchev–Trinajstić information content (AvgIpc) is 2.80. The molecule has 1 aromatic carbocycles. The molecular weight excluding hydrogens is 315 g/mol. The first-order valence-corrected chi connectivity index (χ1v) is 6.50. The van der Waals surface area contributed by atoms with E-state index in [1.54, 1.807) is 0 Å². The van der Waals surface area contributed by atoms with E-state index in [-0.39, 0.29) is 5.91 Å². The molecule has 1 atom stereocenters. The lowest BCUT2D eigenvalue weighted by atomic mass is 10.1. The molecule has 16 heavy (non-hydrogen) atoms. The Morgan fingerprint density at radius 1 is 1.56 bits per heavy atom. The lowest BCUT2D eigenvalue weighted by Gasteiger charge is -2.23. The van der Waals surface area contributed by atoms with E-state index in [1.165, 1.54) is 0 Å². The summed E-state index contributed by atoms with van der Waals surface area (Å²) in [7, 11) is 1.89. The van der Waals surface area contributed by atoms with Crippen LogP contribution in [0.1, 0.15) is 16.8 Å². The predicted octanol–water partition coefficient (Wildman–Crippen LogP) is 1.73. The van der Waals surface area contributed by atoms with Crippen LogP contribution in [0.2, 0.25) is 0 Å². The van der Waals surface area contributed by atoms with Crippen LogP contribution < -0.4 is 5.32 Å². The molecule has 1 aromatic rings. The van der Waals surface area contributed by atoms with E-state index in [9.17, 15) is 4.79 Å². The van der Waals surface area contributed by atoms with Crippen LogP contribution in [-0.2, 0) is 0 Å². The molecule has 86 valence electrons. The maximum Gasteiger partial charge on any atom is 0.253 e. The molecule has 1 heterocycles. The Morgan fingerprint density at radius 3 is 3.00 bits per heavy atom. The molecular formula is C12H15IN2O. The van der Waals surface area contributed by atoms with Crippen LogP contribution in [0.4, 0.5) is 0 Å². The Labute approximate surface area is 109 Å². The minimum Gasteiger partial charge on any atom is -0.337 e. The van der Waals surface area contributed by atoms with Crippen LogP contribution in [0.25, 0.3) is 0 Å². The molecule has 0 radical (unpaired) electrons. The predicted molar refractivity (Wildman–Crippen MR) is 72.5 cm³/mol. The van der Waals surface area contributed by atoms with Crippen LogP contribution in [0, 0.1) is 3.57 Å². The Bertz CT molecular complexity index is 388. The van der Waals surface area contributed by atoms with Crippen molar-refractivity contribution in [2.75, 3.05) is 20.1 Å². The third-order valence-corrected chi connectivity index (χ3v) is 3.64. The fourth-order valence-electron chi connectivity index (χ4n) is 1.96. The number of nitrogens with one attached hydrogen (secondary N) is 1. The first-order chi connectivity index (χ1) is 7.68. The normalized spacial score (nSPS) is 19.8. The van der Waals surface area contributed by atoms with Crippen LogP contribution in [0.5, 0.6) is 0 Å². The number of rotatable bonds is 2. The molecule has 1 aliphatic rings. The topological polar surface area (TPSA) is 32.3 Å². The monoisotopic (exact) mass is 330 g/mol. The van der Waals surface area contributed by atoms with Crippen molar-refractivity contribution in [3.8, 4) is 0 Å². The number of carbonyl (C=O) groups excluding carboxylic acids is 1. The Kier molecular flexibility index (Phi) is 3.81. The largest absolute Gasteiger partial charge is 0.337 e. The molecule has 1 aliphatic heterocycles. The summed E-state index contributed by atoms with van der Waals surface area (Å²) in [6, 6.07) is 8.07. The highest BCUT2D eigenvalue weighted by Gasteiger charge is 2.23. The van der Waals surface area contributed by atoms with Crippen LogP contribution >= 0.6 is 22.6 Å².